The van der Waals surface area contributed by atoms with Gasteiger partial charge in [-0.1, -0.05) is 57.2 Å². The van der Waals surface area contributed by atoms with Crippen molar-refractivity contribution in [1.82, 2.24) is 4.90 Å². The monoisotopic (exact) mass is 243 g/mol. The van der Waals surface area contributed by atoms with Gasteiger partial charge in [0.15, 0.2) is 0 Å². The van der Waals surface area contributed by atoms with E-state index in [1.807, 2.05) is 0 Å². The molecule has 1 heterocycles. The van der Waals surface area contributed by atoms with Crippen molar-refractivity contribution in [3.63, 3.8) is 0 Å². The third-order valence-corrected chi connectivity index (χ3v) is 4.09. The predicted molar refractivity (Wildman–Crippen MR) is 79.2 cm³/mol. The van der Waals surface area contributed by atoms with E-state index in [4.69, 9.17) is 0 Å². The second-order valence-corrected chi connectivity index (χ2v) is 6.24. The van der Waals surface area contributed by atoms with Crippen molar-refractivity contribution < 1.29 is 0 Å². The molecule has 0 fully saturated rings. The van der Waals surface area contributed by atoms with E-state index in [1.54, 1.807) is 0 Å². The fourth-order valence-electron chi connectivity index (χ4n) is 2.58. The molecule has 98 valence electrons. The third kappa shape index (κ3) is 3.16. The standard InChI is InChI=1S/C17H25N/c1-14(16-8-12-18(4)13-9-16)15-6-5-10-17(2,3)11-7-15/h5-8,10-12,14,16H,9,13H2,1-4H3. The molecule has 2 aliphatic rings. The number of hydrogen-bond acceptors (Lipinski definition) is 1. The van der Waals surface area contributed by atoms with Gasteiger partial charge in [-0.15, -0.1) is 0 Å². The summed E-state index contributed by atoms with van der Waals surface area (Å²) < 4.78 is 0. The molecule has 2 unspecified atom stereocenters. The summed E-state index contributed by atoms with van der Waals surface area (Å²) >= 11 is 0. The highest BCUT2D eigenvalue weighted by atomic mass is 15.1. The highest BCUT2D eigenvalue weighted by molar-refractivity contribution is 5.33. The van der Waals surface area contributed by atoms with Gasteiger partial charge >= 0.3 is 0 Å². The molecule has 0 aromatic carbocycles. The minimum Gasteiger partial charge on any atom is -0.381 e. The first-order valence-electron chi connectivity index (χ1n) is 6.95. The summed E-state index contributed by atoms with van der Waals surface area (Å²) in [5.41, 5.74) is 1.64. The Morgan fingerprint density at radius 1 is 1.33 bits per heavy atom. The smallest absolute Gasteiger partial charge is 0.0174 e. The van der Waals surface area contributed by atoms with Gasteiger partial charge in [0, 0.05) is 19.0 Å². The van der Waals surface area contributed by atoms with Crippen LogP contribution in [-0.2, 0) is 0 Å². The summed E-state index contributed by atoms with van der Waals surface area (Å²) in [7, 11) is 2.15. The number of allylic oxidation sites excluding steroid dienone is 7. The van der Waals surface area contributed by atoms with E-state index in [0.717, 1.165) is 0 Å². The van der Waals surface area contributed by atoms with Gasteiger partial charge in [0.05, 0.1) is 0 Å². The molecule has 1 aliphatic heterocycles. The van der Waals surface area contributed by atoms with E-state index >= 15 is 0 Å². The average molecular weight is 243 g/mol. The first-order chi connectivity index (χ1) is 8.48. The lowest BCUT2D eigenvalue weighted by atomic mass is 9.83. The number of nitrogens with zero attached hydrogens (tertiary/aromatic N) is 1. The molecule has 0 aromatic rings. The molecule has 1 aliphatic carbocycles. The molecule has 0 saturated heterocycles. The number of hydrogen-bond donors (Lipinski definition) is 0. The van der Waals surface area contributed by atoms with E-state index in [0.29, 0.717) is 11.8 Å². The molecule has 0 radical (unpaired) electrons. The van der Waals surface area contributed by atoms with Crippen LogP contribution in [0, 0.1) is 17.3 Å². The maximum Gasteiger partial charge on any atom is 0.0174 e. The zero-order valence-corrected chi connectivity index (χ0v) is 12.1. The second-order valence-electron chi connectivity index (χ2n) is 6.24. The third-order valence-electron chi connectivity index (χ3n) is 4.09. The molecule has 0 saturated carbocycles. The number of rotatable bonds is 2. The Kier molecular flexibility index (Phi) is 3.79. The van der Waals surface area contributed by atoms with Crippen LogP contribution in [0.3, 0.4) is 0 Å². The largest absolute Gasteiger partial charge is 0.381 e. The van der Waals surface area contributed by atoms with Crippen molar-refractivity contribution in [2.24, 2.45) is 17.3 Å². The fraction of sp³-hybridized carbons (Fsp3) is 0.529. The molecule has 0 amide bonds. The van der Waals surface area contributed by atoms with E-state index in [-0.39, 0.29) is 5.41 Å². The Hall–Kier alpha value is -1.24. The van der Waals surface area contributed by atoms with Gasteiger partial charge in [0.2, 0.25) is 0 Å². The first-order valence-corrected chi connectivity index (χ1v) is 6.95. The van der Waals surface area contributed by atoms with Gasteiger partial charge in [-0.2, -0.15) is 0 Å². The summed E-state index contributed by atoms with van der Waals surface area (Å²) in [6, 6.07) is 0. The Morgan fingerprint density at radius 2 is 2.11 bits per heavy atom. The average Bonchev–Trinajstić information content (AvgIpc) is 2.50. The zero-order valence-electron chi connectivity index (χ0n) is 12.1. The van der Waals surface area contributed by atoms with Crippen LogP contribution in [0.15, 0.2) is 48.2 Å². The van der Waals surface area contributed by atoms with Crippen molar-refractivity contribution in [3.8, 4) is 0 Å². The topological polar surface area (TPSA) is 3.24 Å². The Bertz CT molecular complexity index is 409. The van der Waals surface area contributed by atoms with Crippen molar-refractivity contribution in [1.29, 1.82) is 0 Å². The molecular formula is C17H25N. The van der Waals surface area contributed by atoms with E-state index in [1.165, 1.54) is 18.5 Å². The molecule has 0 aromatic heterocycles. The van der Waals surface area contributed by atoms with Crippen molar-refractivity contribution in [2.45, 2.75) is 27.2 Å². The Morgan fingerprint density at radius 3 is 2.78 bits per heavy atom. The lowest BCUT2D eigenvalue weighted by molar-refractivity contribution is 0.339. The Balaban J connectivity index is 2.11. The van der Waals surface area contributed by atoms with Crippen LogP contribution < -0.4 is 0 Å². The normalized spacial score (nSPS) is 27.9. The molecule has 0 bridgehead atoms. The maximum atomic E-state index is 2.36. The van der Waals surface area contributed by atoms with Crippen molar-refractivity contribution in [2.75, 3.05) is 13.6 Å². The highest BCUT2D eigenvalue weighted by Gasteiger charge is 2.21. The Labute approximate surface area is 112 Å². The van der Waals surface area contributed by atoms with Crippen molar-refractivity contribution >= 4 is 0 Å². The van der Waals surface area contributed by atoms with Crippen LogP contribution in [0.5, 0.6) is 0 Å². The zero-order chi connectivity index (χ0) is 13.2. The quantitative estimate of drug-likeness (QED) is 0.703. The van der Waals surface area contributed by atoms with Gasteiger partial charge < -0.3 is 4.90 Å². The SMILES string of the molecule is CC(C1=CC=CC(C)(C)C=C1)C1C=CN(C)CC1. The minimum atomic E-state index is 0.181. The summed E-state index contributed by atoms with van der Waals surface area (Å²) in [4.78, 5) is 2.27. The van der Waals surface area contributed by atoms with Crippen LogP contribution in [0.25, 0.3) is 0 Å². The summed E-state index contributed by atoms with van der Waals surface area (Å²) in [5, 5.41) is 0. The summed E-state index contributed by atoms with van der Waals surface area (Å²) in [5.74, 6) is 1.27. The van der Waals surface area contributed by atoms with E-state index in [2.05, 4.69) is 75.4 Å². The van der Waals surface area contributed by atoms with Crippen LogP contribution in [-0.4, -0.2) is 18.5 Å². The fourth-order valence-corrected chi connectivity index (χ4v) is 2.58. The molecule has 2 atom stereocenters. The molecule has 2 rings (SSSR count). The van der Waals surface area contributed by atoms with Gasteiger partial charge in [-0.3, -0.25) is 0 Å². The first kappa shape index (κ1) is 13.2. The maximum absolute atomic E-state index is 2.36. The van der Waals surface area contributed by atoms with E-state index < -0.39 is 0 Å². The van der Waals surface area contributed by atoms with Crippen LogP contribution >= 0.6 is 0 Å². The van der Waals surface area contributed by atoms with E-state index in [9.17, 15) is 0 Å². The van der Waals surface area contributed by atoms with Crippen LogP contribution in [0.4, 0.5) is 0 Å². The lowest BCUT2D eigenvalue weighted by Crippen LogP contribution is -2.24. The predicted octanol–water partition coefficient (Wildman–Crippen LogP) is 4.17. The molecule has 1 heteroatoms. The van der Waals surface area contributed by atoms with Crippen LogP contribution in [0.2, 0.25) is 0 Å². The van der Waals surface area contributed by atoms with Gasteiger partial charge in [-0.05, 0) is 30.0 Å². The van der Waals surface area contributed by atoms with Gasteiger partial charge in [-0.25, -0.2) is 0 Å². The second kappa shape index (κ2) is 5.17. The van der Waals surface area contributed by atoms with Gasteiger partial charge in [0.25, 0.3) is 0 Å². The highest BCUT2D eigenvalue weighted by Crippen LogP contribution is 2.31. The molecule has 1 nitrogen and oxygen atoms in total. The molecule has 0 spiro atoms. The van der Waals surface area contributed by atoms with Gasteiger partial charge in [0.1, 0.15) is 0 Å². The summed E-state index contributed by atoms with van der Waals surface area (Å²) in [6.45, 7) is 8.01. The molecule has 18 heavy (non-hydrogen) atoms. The molecule has 0 N–H and O–H groups in total. The van der Waals surface area contributed by atoms with Crippen molar-refractivity contribution in [3.05, 3.63) is 48.2 Å². The molecular weight excluding hydrogens is 218 g/mol. The lowest BCUT2D eigenvalue weighted by Gasteiger charge is -2.29. The summed E-state index contributed by atoms with van der Waals surface area (Å²) in [6.07, 6.45) is 17.2. The minimum absolute atomic E-state index is 0.181. The van der Waals surface area contributed by atoms with Crippen LogP contribution in [0.1, 0.15) is 27.2 Å².